The van der Waals surface area contributed by atoms with Crippen LogP contribution in [0.5, 0.6) is 5.75 Å². The topological polar surface area (TPSA) is 134 Å². The Morgan fingerprint density at radius 3 is 2.61 bits per heavy atom. The van der Waals surface area contributed by atoms with Crippen molar-refractivity contribution in [1.29, 1.82) is 0 Å². The number of nitrogens with two attached hydrogens (primary N) is 1. The van der Waals surface area contributed by atoms with Crippen molar-refractivity contribution in [3.8, 4) is 40.0 Å². The van der Waals surface area contributed by atoms with Crippen LogP contribution in [0.3, 0.4) is 0 Å². The molecule has 3 heterocycles. The van der Waals surface area contributed by atoms with Crippen molar-refractivity contribution in [2.45, 2.75) is 33.4 Å². The average molecular weight is 490 g/mol. The lowest BCUT2D eigenvalue weighted by Crippen LogP contribution is -2.59. The molecule has 1 aromatic carbocycles. The summed E-state index contributed by atoms with van der Waals surface area (Å²) in [6, 6.07) is 8.63. The third-order valence-corrected chi connectivity index (χ3v) is 6.33. The van der Waals surface area contributed by atoms with E-state index in [1.165, 1.54) is 0 Å². The summed E-state index contributed by atoms with van der Waals surface area (Å²) in [6.45, 7) is 8.96. The lowest BCUT2D eigenvalue weighted by molar-refractivity contribution is 0.0263. The van der Waals surface area contributed by atoms with Crippen molar-refractivity contribution in [3.05, 3.63) is 42.7 Å². The van der Waals surface area contributed by atoms with Gasteiger partial charge < -0.3 is 20.8 Å². The van der Waals surface area contributed by atoms with E-state index in [0.29, 0.717) is 49.5 Å². The minimum absolute atomic E-state index is 0.0821. The second kappa shape index (κ2) is 10.3. The number of rotatable bonds is 4. The molecular formula is C26H31N7O3. The molecule has 0 spiro atoms. The highest BCUT2D eigenvalue weighted by Gasteiger charge is 2.37. The maximum atomic E-state index is 11.6. The van der Waals surface area contributed by atoms with Gasteiger partial charge in [-0.05, 0) is 23.6 Å². The van der Waals surface area contributed by atoms with Gasteiger partial charge in [-0.25, -0.2) is 4.79 Å². The highest BCUT2D eigenvalue weighted by atomic mass is 16.4. The van der Waals surface area contributed by atoms with Crippen LogP contribution >= 0.6 is 0 Å². The molecule has 10 nitrogen and oxygen atoms in total. The van der Waals surface area contributed by atoms with Crippen LogP contribution in [0.1, 0.15) is 20.8 Å². The van der Waals surface area contributed by atoms with Crippen molar-refractivity contribution in [2.75, 3.05) is 31.9 Å². The first kappa shape index (κ1) is 25.0. The van der Waals surface area contributed by atoms with Crippen molar-refractivity contribution in [3.63, 3.8) is 0 Å². The Balaban J connectivity index is 1.41. The minimum atomic E-state index is -0.868. The van der Waals surface area contributed by atoms with Gasteiger partial charge in [0, 0.05) is 42.5 Å². The first-order valence-corrected chi connectivity index (χ1v) is 11.8. The summed E-state index contributed by atoms with van der Waals surface area (Å²) in [6.07, 6.45) is 2.67. The number of amides is 1. The zero-order valence-corrected chi connectivity index (χ0v) is 20.7. The summed E-state index contributed by atoms with van der Waals surface area (Å²) < 4.78 is 1.72. The largest absolute Gasteiger partial charge is 0.507 e. The highest BCUT2D eigenvalue weighted by Crippen LogP contribution is 2.32. The van der Waals surface area contributed by atoms with Crippen LogP contribution in [0.15, 0.2) is 42.7 Å². The van der Waals surface area contributed by atoms with E-state index in [9.17, 15) is 15.0 Å². The summed E-state index contributed by atoms with van der Waals surface area (Å²) in [7, 11) is 0. The molecular weight excluding hydrogens is 458 g/mol. The number of hydrogen-bond acceptors (Lipinski definition) is 7. The summed E-state index contributed by atoms with van der Waals surface area (Å²) in [5.74, 6) is 6.73. The molecule has 4 rings (SSSR count). The molecule has 10 heteroatoms. The minimum Gasteiger partial charge on any atom is -0.507 e. The SMILES string of the molecule is CC(C)(C)C1CN(CC#CCn2cc(-c3cc(-c4ccccc4O)nnc3N)cn2)CCN1C(=O)O. The van der Waals surface area contributed by atoms with Crippen LogP contribution < -0.4 is 5.73 Å². The van der Waals surface area contributed by atoms with Gasteiger partial charge in [0.05, 0.1) is 24.5 Å². The van der Waals surface area contributed by atoms with Crippen LogP contribution in [0, 0.1) is 17.3 Å². The quantitative estimate of drug-likeness (QED) is 0.476. The maximum Gasteiger partial charge on any atom is 0.407 e. The molecule has 0 aliphatic carbocycles. The molecule has 2 aromatic heterocycles. The molecule has 188 valence electrons. The van der Waals surface area contributed by atoms with Crippen LogP contribution in [-0.4, -0.2) is 78.3 Å². The first-order valence-electron chi connectivity index (χ1n) is 11.8. The predicted molar refractivity (Wildman–Crippen MR) is 137 cm³/mol. The number of aromatic nitrogens is 4. The third-order valence-electron chi connectivity index (χ3n) is 6.33. The van der Waals surface area contributed by atoms with Gasteiger partial charge in [0.2, 0.25) is 0 Å². The Labute approximate surface area is 210 Å². The smallest absolute Gasteiger partial charge is 0.407 e. The number of phenols is 1. The lowest BCUT2D eigenvalue weighted by Gasteiger charge is -2.45. The Kier molecular flexibility index (Phi) is 7.12. The normalized spacial score (nSPS) is 16.4. The molecule has 36 heavy (non-hydrogen) atoms. The predicted octanol–water partition coefficient (Wildman–Crippen LogP) is 3.01. The molecule has 1 unspecified atom stereocenters. The van der Waals surface area contributed by atoms with Crippen molar-refractivity contribution in [1.82, 2.24) is 29.8 Å². The number of anilines is 1. The standard InChI is InChI=1S/C26H31N7O3/c1-26(2,3)23-17-31(12-13-33(23)25(35)36)10-6-7-11-32-16-18(15-28-32)20-14-21(29-30-24(20)27)19-8-4-5-9-22(19)34/h4-5,8-9,14-16,23,34H,10-13,17H2,1-3H3,(H2,27,30)(H,35,36). The molecule has 1 saturated heterocycles. The van der Waals surface area contributed by atoms with E-state index in [-0.39, 0.29) is 23.0 Å². The number of nitrogens with zero attached hydrogens (tertiary/aromatic N) is 6. The summed E-state index contributed by atoms with van der Waals surface area (Å²) in [4.78, 5) is 15.3. The van der Waals surface area contributed by atoms with Crippen LogP contribution in [0.4, 0.5) is 10.6 Å². The monoisotopic (exact) mass is 489 g/mol. The number of phenolic OH excluding ortho intramolecular Hbond substituents is 1. The average Bonchev–Trinajstić information content (AvgIpc) is 3.30. The Morgan fingerprint density at radius 1 is 1.14 bits per heavy atom. The van der Waals surface area contributed by atoms with Crippen molar-refractivity contribution >= 4 is 11.9 Å². The van der Waals surface area contributed by atoms with E-state index in [1.54, 1.807) is 40.0 Å². The molecule has 1 amide bonds. The van der Waals surface area contributed by atoms with Gasteiger partial charge in [-0.3, -0.25) is 9.58 Å². The Morgan fingerprint density at radius 2 is 1.89 bits per heavy atom. The van der Waals surface area contributed by atoms with Gasteiger partial charge in [-0.15, -0.1) is 10.2 Å². The molecule has 1 aliphatic rings. The van der Waals surface area contributed by atoms with Crippen molar-refractivity contribution in [2.24, 2.45) is 5.41 Å². The molecule has 0 bridgehead atoms. The number of carboxylic acid groups (broad SMARTS) is 1. The fourth-order valence-electron chi connectivity index (χ4n) is 4.30. The van der Waals surface area contributed by atoms with E-state index < -0.39 is 6.09 Å². The number of piperazine rings is 1. The zero-order valence-electron chi connectivity index (χ0n) is 20.7. The highest BCUT2D eigenvalue weighted by molar-refractivity contribution is 5.78. The number of para-hydroxylation sites is 1. The summed E-state index contributed by atoms with van der Waals surface area (Å²) in [5.41, 5.74) is 8.46. The second-order valence-corrected chi connectivity index (χ2v) is 9.92. The lowest BCUT2D eigenvalue weighted by atomic mass is 9.84. The van der Waals surface area contributed by atoms with Crippen LogP contribution in [-0.2, 0) is 6.54 Å². The van der Waals surface area contributed by atoms with Gasteiger partial charge >= 0.3 is 6.09 Å². The number of hydrogen-bond donors (Lipinski definition) is 3. The Bertz CT molecular complexity index is 1300. The van der Waals surface area contributed by atoms with E-state index >= 15 is 0 Å². The fourth-order valence-corrected chi connectivity index (χ4v) is 4.30. The molecule has 1 atom stereocenters. The molecule has 0 saturated carbocycles. The summed E-state index contributed by atoms with van der Waals surface area (Å²) >= 11 is 0. The van der Waals surface area contributed by atoms with Crippen molar-refractivity contribution < 1.29 is 15.0 Å². The number of carbonyl (C=O) groups is 1. The van der Waals surface area contributed by atoms with E-state index in [0.717, 1.165) is 5.56 Å². The van der Waals surface area contributed by atoms with Gasteiger partial charge in [0.1, 0.15) is 12.3 Å². The number of nitrogen functional groups attached to an aromatic ring is 1. The molecule has 0 radical (unpaired) electrons. The van der Waals surface area contributed by atoms with Crippen LogP contribution in [0.25, 0.3) is 22.4 Å². The summed E-state index contributed by atoms with van der Waals surface area (Å²) in [5, 5.41) is 32.2. The fraction of sp³-hybridized carbons (Fsp3) is 0.385. The Hall–Kier alpha value is -4.10. The molecule has 3 aromatic rings. The number of benzene rings is 1. The number of aromatic hydroxyl groups is 1. The maximum absolute atomic E-state index is 11.6. The molecule has 1 fully saturated rings. The third kappa shape index (κ3) is 5.58. The van der Waals surface area contributed by atoms with E-state index in [1.807, 2.05) is 12.3 Å². The van der Waals surface area contributed by atoms with Crippen LogP contribution in [0.2, 0.25) is 0 Å². The van der Waals surface area contributed by atoms with E-state index in [2.05, 4.69) is 52.8 Å². The second-order valence-electron chi connectivity index (χ2n) is 9.92. The first-order chi connectivity index (χ1) is 17.1. The van der Waals surface area contributed by atoms with Gasteiger partial charge in [0.15, 0.2) is 5.82 Å². The molecule has 1 aliphatic heterocycles. The van der Waals surface area contributed by atoms with Gasteiger partial charge in [-0.1, -0.05) is 44.7 Å². The zero-order chi connectivity index (χ0) is 25.9. The van der Waals surface area contributed by atoms with Gasteiger partial charge in [-0.2, -0.15) is 5.10 Å². The van der Waals surface area contributed by atoms with E-state index in [4.69, 9.17) is 5.73 Å². The molecule has 4 N–H and O–H groups in total. The van der Waals surface area contributed by atoms with Gasteiger partial charge in [0.25, 0.3) is 0 Å².